The van der Waals surface area contributed by atoms with Crippen molar-refractivity contribution in [2.24, 2.45) is 11.8 Å². The summed E-state index contributed by atoms with van der Waals surface area (Å²) < 4.78 is 0. The molecule has 2 heteroatoms. The lowest BCUT2D eigenvalue weighted by molar-refractivity contribution is 0.0820. The summed E-state index contributed by atoms with van der Waals surface area (Å²) in [5.41, 5.74) is 8.00. The third-order valence-electron chi connectivity index (χ3n) is 4.76. The molecule has 1 saturated heterocycles. The van der Waals surface area contributed by atoms with Crippen molar-refractivity contribution in [2.45, 2.75) is 38.6 Å². The molecule has 0 bridgehead atoms. The number of hydrogen-bond donors (Lipinski definition) is 1. The van der Waals surface area contributed by atoms with Crippen LogP contribution in [0.15, 0.2) is 24.3 Å². The van der Waals surface area contributed by atoms with Gasteiger partial charge < -0.3 is 5.73 Å². The molecule has 3 rings (SSSR count). The van der Waals surface area contributed by atoms with Crippen LogP contribution in [-0.4, -0.2) is 18.0 Å². The van der Waals surface area contributed by atoms with Gasteiger partial charge in [-0.25, -0.2) is 0 Å². The minimum Gasteiger partial charge on any atom is -0.399 e. The Labute approximate surface area is 110 Å². The van der Waals surface area contributed by atoms with Gasteiger partial charge in [-0.3, -0.25) is 4.90 Å². The van der Waals surface area contributed by atoms with Crippen LogP contribution >= 0.6 is 0 Å². The van der Waals surface area contributed by atoms with Crippen LogP contribution < -0.4 is 5.73 Å². The van der Waals surface area contributed by atoms with E-state index < -0.39 is 0 Å². The van der Waals surface area contributed by atoms with E-state index in [-0.39, 0.29) is 0 Å². The first-order valence-corrected chi connectivity index (χ1v) is 7.38. The lowest BCUT2D eigenvalue weighted by Gasteiger charge is -2.41. The van der Waals surface area contributed by atoms with Crippen molar-refractivity contribution in [1.29, 1.82) is 0 Å². The zero-order valence-electron chi connectivity index (χ0n) is 11.1. The van der Waals surface area contributed by atoms with Crippen LogP contribution in [0.2, 0.25) is 0 Å². The van der Waals surface area contributed by atoms with Gasteiger partial charge in [0.25, 0.3) is 0 Å². The molecule has 1 saturated carbocycles. The first-order valence-electron chi connectivity index (χ1n) is 7.38. The molecule has 1 heterocycles. The normalized spacial score (nSPS) is 28.9. The van der Waals surface area contributed by atoms with Crippen molar-refractivity contribution < 1.29 is 0 Å². The SMILES string of the molecule is Nc1ccc(CN2CCC3CCCCC3C2)cc1. The number of nitrogen functional groups attached to an aromatic ring is 1. The Morgan fingerprint density at radius 2 is 1.72 bits per heavy atom. The average molecular weight is 244 g/mol. The molecule has 1 aromatic carbocycles. The van der Waals surface area contributed by atoms with E-state index in [2.05, 4.69) is 17.0 Å². The van der Waals surface area contributed by atoms with Gasteiger partial charge in [-0.05, 0) is 48.9 Å². The van der Waals surface area contributed by atoms with Crippen molar-refractivity contribution in [3.63, 3.8) is 0 Å². The van der Waals surface area contributed by atoms with Crippen LogP contribution in [0.1, 0.15) is 37.7 Å². The fourth-order valence-electron chi connectivity index (χ4n) is 3.70. The van der Waals surface area contributed by atoms with Crippen molar-refractivity contribution in [3.8, 4) is 0 Å². The van der Waals surface area contributed by atoms with Crippen molar-refractivity contribution >= 4 is 5.69 Å². The number of benzene rings is 1. The van der Waals surface area contributed by atoms with Crippen molar-refractivity contribution in [3.05, 3.63) is 29.8 Å². The summed E-state index contributed by atoms with van der Waals surface area (Å²) in [6, 6.07) is 8.37. The van der Waals surface area contributed by atoms with E-state index in [0.717, 1.165) is 24.1 Å². The lowest BCUT2D eigenvalue weighted by atomic mass is 9.75. The summed E-state index contributed by atoms with van der Waals surface area (Å²) in [7, 11) is 0. The molecule has 2 unspecified atom stereocenters. The predicted molar refractivity (Wildman–Crippen MR) is 76.2 cm³/mol. The summed E-state index contributed by atoms with van der Waals surface area (Å²) in [5, 5.41) is 0. The topological polar surface area (TPSA) is 29.3 Å². The van der Waals surface area contributed by atoms with Gasteiger partial charge in [0.2, 0.25) is 0 Å². The van der Waals surface area contributed by atoms with Crippen LogP contribution in [-0.2, 0) is 6.54 Å². The number of piperidine rings is 1. The van der Waals surface area contributed by atoms with Crippen molar-refractivity contribution in [2.75, 3.05) is 18.8 Å². The molecule has 1 aliphatic heterocycles. The van der Waals surface area contributed by atoms with E-state index in [1.807, 2.05) is 12.1 Å². The largest absolute Gasteiger partial charge is 0.399 e. The van der Waals surface area contributed by atoms with Gasteiger partial charge in [-0.2, -0.15) is 0 Å². The molecule has 98 valence electrons. The second kappa shape index (κ2) is 5.31. The minimum absolute atomic E-state index is 0.865. The van der Waals surface area contributed by atoms with E-state index >= 15 is 0 Å². The van der Waals surface area contributed by atoms with E-state index in [1.165, 1.54) is 50.8 Å². The maximum absolute atomic E-state index is 5.73. The highest BCUT2D eigenvalue weighted by atomic mass is 15.1. The van der Waals surface area contributed by atoms with Crippen LogP contribution in [0.5, 0.6) is 0 Å². The van der Waals surface area contributed by atoms with Gasteiger partial charge in [0, 0.05) is 18.8 Å². The summed E-state index contributed by atoms with van der Waals surface area (Å²) in [5.74, 6) is 2.00. The van der Waals surface area contributed by atoms with Crippen LogP contribution in [0.4, 0.5) is 5.69 Å². The third-order valence-corrected chi connectivity index (χ3v) is 4.76. The number of nitrogens with zero attached hydrogens (tertiary/aromatic N) is 1. The number of hydrogen-bond acceptors (Lipinski definition) is 2. The molecule has 0 amide bonds. The molecule has 0 spiro atoms. The highest BCUT2D eigenvalue weighted by Gasteiger charge is 2.30. The number of anilines is 1. The van der Waals surface area contributed by atoms with E-state index in [4.69, 9.17) is 5.73 Å². The maximum Gasteiger partial charge on any atom is 0.0314 e. The first kappa shape index (κ1) is 12.0. The zero-order chi connectivity index (χ0) is 12.4. The van der Waals surface area contributed by atoms with Gasteiger partial charge in [-0.15, -0.1) is 0 Å². The van der Waals surface area contributed by atoms with Gasteiger partial charge in [0.05, 0.1) is 0 Å². The summed E-state index contributed by atoms with van der Waals surface area (Å²) in [6.07, 6.45) is 7.29. The average Bonchev–Trinajstić information content (AvgIpc) is 2.41. The van der Waals surface area contributed by atoms with Crippen molar-refractivity contribution in [1.82, 2.24) is 4.90 Å². The van der Waals surface area contributed by atoms with Gasteiger partial charge >= 0.3 is 0 Å². The minimum atomic E-state index is 0.865. The quantitative estimate of drug-likeness (QED) is 0.809. The molecular weight excluding hydrogens is 220 g/mol. The smallest absolute Gasteiger partial charge is 0.0314 e. The molecule has 2 N–H and O–H groups in total. The number of rotatable bonds is 2. The molecule has 1 aliphatic carbocycles. The Hall–Kier alpha value is -1.02. The second-order valence-electron chi connectivity index (χ2n) is 6.07. The summed E-state index contributed by atoms with van der Waals surface area (Å²) in [6.45, 7) is 3.70. The molecule has 18 heavy (non-hydrogen) atoms. The molecule has 2 fully saturated rings. The Balaban J connectivity index is 1.59. The first-order chi connectivity index (χ1) is 8.81. The fraction of sp³-hybridized carbons (Fsp3) is 0.625. The molecule has 2 aliphatic rings. The Morgan fingerprint density at radius 1 is 1.00 bits per heavy atom. The monoisotopic (exact) mass is 244 g/mol. The van der Waals surface area contributed by atoms with Crippen LogP contribution in [0, 0.1) is 11.8 Å². The summed E-state index contributed by atoms with van der Waals surface area (Å²) >= 11 is 0. The molecular formula is C16H24N2. The van der Waals surface area contributed by atoms with Gasteiger partial charge in [0.15, 0.2) is 0 Å². The van der Waals surface area contributed by atoms with E-state index in [9.17, 15) is 0 Å². The predicted octanol–water partition coefficient (Wildman–Crippen LogP) is 3.28. The molecule has 1 aromatic rings. The molecule has 0 aromatic heterocycles. The molecule has 0 radical (unpaired) electrons. The lowest BCUT2D eigenvalue weighted by Crippen LogP contribution is -2.41. The highest BCUT2D eigenvalue weighted by molar-refractivity contribution is 5.39. The Bertz CT molecular complexity index is 385. The van der Waals surface area contributed by atoms with E-state index in [0.29, 0.717) is 0 Å². The zero-order valence-corrected chi connectivity index (χ0v) is 11.1. The number of likely N-dealkylation sites (tertiary alicyclic amines) is 1. The number of nitrogens with two attached hydrogens (primary N) is 1. The standard InChI is InChI=1S/C16H24N2/c17-16-7-5-13(6-8-16)11-18-10-9-14-3-1-2-4-15(14)12-18/h5-8,14-15H,1-4,9-12,17H2. The third kappa shape index (κ3) is 2.69. The Morgan fingerprint density at radius 3 is 2.50 bits per heavy atom. The van der Waals surface area contributed by atoms with Crippen LogP contribution in [0.3, 0.4) is 0 Å². The van der Waals surface area contributed by atoms with E-state index in [1.54, 1.807) is 0 Å². The fourth-order valence-corrected chi connectivity index (χ4v) is 3.70. The second-order valence-corrected chi connectivity index (χ2v) is 6.07. The Kier molecular flexibility index (Phi) is 3.55. The maximum atomic E-state index is 5.73. The van der Waals surface area contributed by atoms with Gasteiger partial charge in [0.1, 0.15) is 0 Å². The van der Waals surface area contributed by atoms with Gasteiger partial charge in [-0.1, -0.05) is 31.4 Å². The molecule has 2 atom stereocenters. The summed E-state index contributed by atoms with van der Waals surface area (Å²) in [4.78, 5) is 2.64. The van der Waals surface area contributed by atoms with Crippen LogP contribution in [0.25, 0.3) is 0 Å². The molecule has 2 nitrogen and oxygen atoms in total. The number of fused-ring (bicyclic) bond motifs is 1. The highest BCUT2D eigenvalue weighted by Crippen LogP contribution is 2.36.